The fourth-order valence-electron chi connectivity index (χ4n) is 7.23. The fourth-order valence-corrected chi connectivity index (χ4v) is 7.23. The van der Waals surface area contributed by atoms with Crippen molar-refractivity contribution in [2.75, 3.05) is 6.61 Å². The highest BCUT2D eigenvalue weighted by Gasteiger charge is 2.24. The SMILES string of the molecule is CCC/C=C\CCCCCC(CC(=O)NC(CO)C(O)CCCCCCCCCCCC)OC(=O)CCCCCCCCCCC/C=C\C/C=C\CCCCC. The van der Waals surface area contributed by atoms with E-state index in [1.165, 1.54) is 116 Å². The monoisotopic (exact) mass is 788 g/mol. The summed E-state index contributed by atoms with van der Waals surface area (Å²) in [5.41, 5.74) is 0. The molecule has 0 aromatic rings. The molecule has 0 aromatic carbocycles. The highest BCUT2D eigenvalue weighted by atomic mass is 16.5. The molecule has 3 atom stereocenters. The first-order valence-electron chi connectivity index (χ1n) is 24.2. The zero-order valence-corrected chi connectivity index (χ0v) is 37.3. The number of unbranched alkanes of at least 4 members (excludes halogenated alkanes) is 25. The summed E-state index contributed by atoms with van der Waals surface area (Å²) in [6.45, 7) is 6.37. The van der Waals surface area contributed by atoms with Gasteiger partial charge in [0.05, 0.1) is 25.2 Å². The molecular formula is C50H93NO5. The van der Waals surface area contributed by atoms with E-state index in [0.717, 1.165) is 83.5 Å². The molecule has 0 spiro atoms. The number of nitrogens with one attached hydrogen (secondary N) is 1. The third-order valence-electron chi connectivity index (χ3n) is 10.9. The molecule has 0 fully saturated rings. The Labute approximate surface area is 347 Å². The van der Waals surface area contributed by atoms with Crippen LogP contribution in [0.2, 0.25) is 0 Å². The van der Waals surface area contributed by atoms with Gasteiger partial charge in [0, 0.05) is 6.42 Å². The second kappa shape index (κ2) is 44.2. The smallest absolute Gasteiger partial charge is 0.306 e. The third kappa shape index (κ3) is 38.9. The van der Waals surface area contributed by atoms with Gasteiger partial charge in [0.15, 0.2) is 0 Å². The van der Waals surface area contributed by atoms with Gasteiger partial charge in [0.1, 0.15) is 6.10 Å². The molecular weight excluding hydrogens is 695 g/mol. The van der Waals surface area contributed by atoms with Crippen LogP contribution in [0.15, 0.2) is 36.5 Å². The Morgan fingerprint density at radius 2 is 0.946 bits per heavy atom. The largest absolute Gasteiger partial charge is 0.462 e. The Hall–Kier alpha value is -1.92. The number of aliphatic hydroxyl groups is 2. The zero-order valence-electron chi connectivity index (χ0n) is 37.3. The van der Waals surface area contributed by atoms with E-state index in [1.54, 1.807) is 0 Å². The molecule has 0 radical (unpaired) electrons. The van der Waals surface area contributed by atoms with Crippen molar-refractivity contribution in [2.24, 2.45) is 0 Å². The van der Waals surface area contributed by atoms with Crippen LogP contribution in [0.1, 0.15) is 245 Å². The second-order valence-electron chi connectivity index (χ2n) is 16.5. The van der Waals surface area contributed by atoms with Gasteiger partial charge in [-0.25, -0.2) is 0 Å². The number of hydrogen-bond donors (Lipinski definition) is 3. The highest BCUT2D eigenvalue weighted by molar-refractivity contribution is 5.77. The molecule has 0 aliphatic rings. The molecule has 0 saturated heterocycles. The molecule has 0 aliphatic carbocycles. The van der Waals surface area contributed by atoms with Gasteiger partial charge in [-0.2, -0.15) is 0 Å². The molecule has 0 rings (SSSR count). The average Bonchev–Trinajstić information content (AvgIpc) is 3.19. The van der Waals surface area contributed by atoms with Gasteiger partial charge in [0.25, 0.3) is 0 Å². The molecule has 328 valence electrons. The van der Waals surface area contributed by atoms with E-state index >= 15 is 0 Å². The Morgan fingerprint density at radius 3 is 1.50 bits per heavy atom. The van der Waals surface area contributed by atoms with E-state index < -0.39 is 18.2 Å². The quantitative estimate of drug-likeness (QED) is 0.0325. The predicted octanol–water partition coefficient (Wildman–Crippen LogP) is 14.1. The summed E-state index contributed by atoms with van der Waals surface area (Å²) in [5.74, 6) is -0.495. The molecule has 3 N–H and O–H groups in total. The number of aliphatic hydroxyl groups excluding tert-OH is 2. The topological polar surface area (TPSA) is 95.9 Å². The van der Waals surface area contributed by atoms with Crippen molar-refractivity contribution < 1.29 is 24.5 Å². The summed E-state index contributed by atoms with van der Waals surface area (Å²) in [7, 11) is 0. The molecule has 0 heterocycles. The second-order valence-corrected chi connectivity index (χ2v) is 16.5. The summed E-state index contributed by atoms with van der Waals surface area (Å²) >= 11 is 0. The van der Waals surface area contributed by atoms with E-state index in [9.17, 15) is 19.8 Å². The van der Waals surface area contributed by atoms with Crippen LogP contribution in [0.3, 0.4) is 0 Å². The lowest BCUT2D eigenvalue weighted by atomic mass is 10.0. The molecule has 0 bridgehead atoms. The van der Waals surface area contributed by atoms with Gasteiger partial charge in [-0.3, -0.25) is 9.59 Å². The molecule has 3 unspecified atom stereocenters. The number of rotatable bonds is 43. The van der Waals surface area contributed by atoms with Crippen LogP contribution in [0.4, 0.5) is 0 Å². The molecule has 0 aliphatic heterocycles. The molecule has 0 saturated carbocycles. The molecule has 1 amide bonds. The first kappa shape index (κ1) is 54.1. The first-order valence-corrected chi connectivity index (χ1v) is 24.2. The van der Waals surface area contributed by atoms with Crippen LogP contribution in [-0.2, 0) is 14.3 Å². The number of ether oxygens (including phenoxy) is 1. The first-order chi connectivity index (χ1) is 27.5. The Morgan fingerprint density at radius 1 is 0.518 bits per heavy atom. The van der Waals surface area contributed by atoms with Crippen LogP contribution >= 0.6 is 0 Å². The van der Waals surface area contributed by atoms with E-state index in [2.05, 4.69) is 62.5 Å². The minimum absolute atomic E-state index is 0.0659. The van der Waals surface area contributed by atoms with E-state index in [1.807, 2.05) is 0 Å². The van der Waals surface area contributed by atoms with E-state index in [4.69, 9.17) is 4.74 Å². The number of carbonyl (C=O) groups is 2. The van der Waals surface area contributed by atoms with Gasteiger partial charge in [-0.15, -0.1) is 0 Å². The maximum Gasteiger partial charge on any atom is 0.306 e. The van der Waals surface area contributed by atoms with Crippen molar-refractivity contribution in [2.45, 2.75) is 264 Å². The van der Waals surface area contributed by atoms with Crippen molar-refractivity contribution in [3.05, 3.63) is 36.5 Å². The standard InChI is InChI=1S/C50H93NO5/c1-4-7-10-13-16-19-21-22-23-24-25-26-27-28-29-31-34-37-40-43-50(55)56-46(41-38-35-32-18-15-12-9-6-3)44-49(54)51-47(45-52)48(53)42-39-36-33-30-20-17-14-11-8-5-2/h12,15-16,19,22-23,46-48,52-53H,4-11,13-14,17-18,20-21,24-45H2,1-3H3,(H,51,54)/b15-12-,19-16-,23-22-. The number of hydrogen-bond acceptors (Lipinski definition) is 5. The number of esters is 1. The maximum atomic E-state index is 13.1. The predicted molar refractivity (Wildman–Crippen MR) is 241 cm³/mol. The Bertz CT molecular complexity index is 930. The minimum Gasteiger partial charge on any atom is -0.462 e. The van der Waals surface area contributed by atoms with Crippen molar-refractivity contribution in [1.82, 2.24) is 5.32 Å². The van der Waals surface area contributed by atoms with Crippen molar-refractivity contribution in [3.63, 3.8) is 0 Å². The van der Waals surface area contributed by atoms with E-state index in [-0.39, 0.29) is 24.9 Å². The van der Waals surface area contributed by atoms with E-state index in [0.29, 0.717) is 19.3 Å². The molecule has 0 aromatic heterocycles. The lowest BCUT2D eigenvalue weighted by Crippen LogP contribution is -2.46. The Balaban J connectivity index is 4.40. The van der Waals surface area contributed by atoms with Crippen molar-refractivity contribution >= 4 is 11.9 Å². The number of amides is 1. The third-order valence-corrected chi connectivity index (χ3v) is 10.9. The summed E-state index contributed by atoms with van der Waals surface area (Å²) in [4.78, 5) is 25.9. The van der Waals surface area contributed by atoms with Crippen LogP contribution in [0.5, 0.6) is 0 Å². The molecule has 56 heavy (non-hydrogen) atoms. The van der Waals surface area contributed by atoms with Gasteiger partial charge >= 0.3 is 5.97 Å². The number of carbonyl (C=O) groups excluding carboxylic acids is 2. The highest BCUT2D eigenvalue weighted by Crippen LogP contribution is 2.17. The van der Waals surface area contributed by atoms with Gasteiger partial charge in [0.2, 0.25) is 5.91 Å². The normalized spacial score (nSPS) is 13.6. The molecule has 6 heteroatoms. The van der Waals surface area contributed by atoms with Gasteiger partial charge < -0.3 is 20.3 Å². The summed E-state index contributed by atoms with van der Waals surface area (Å²) in [5, 5.41) is 23.6. The van der Waals surface area contributed by atoms with Crippen LogP contribution in [0, 0.1) is 0 Å². The average molecular weight is 788 g/mol. The van der Waals surface area contributed by atoms with Crippen LogP contribution in [0.25, 0.3) is 0 Å². The van der Waals surface area contributed by atoms with Gasteiger partial charge in [-0.05, 0) is 77.0 Å². The van der Waals surface area contributed by atoms with Crippen LogP contribution in [-0.4, -0.2) is 46.9 Å². The summed E-state index contributed by atoms with van der Waals surface area (Å²) in [6, 6.07) is -0.702. The Kier molecular flexibility index (Phi) is 42.7. The zero-order chi connectivity index (χ0) is 41.0. The number of allylic oxidation sites excluding steroid dienone is 6. The van der Waals surface area contributed by atoms with Crippen LogP contribution < -0.4 is 5.32 Å². The minimum atomic E-state index is -0.787. The lowest BCUT2D eigenvalue weighted by Gasteiger charge is -2.24. The van der Waals surface area contributed by atoms with Crippen molar-refractivity contribution in [1.29, 1.82) is 0 Å². The summed E-state index contributed by atoms with van der Waals surface area (Å²) in [6.07, 6.45) is 50.7. The maximum absolute atomic E-state index is 13.1. The molecule has 6 nitrogen and oxygen atoms in total. The van der Waals surface area contributed by atoms with Gasteiger partial charge in [-0.1, -0.05) is 192 Å². The lowest BCUT2D eigenvalue weighted by molar-refractivity contribution is -0.151. The summed E-state index contributed by atoms with van der Waals surface area (Å²) < 4.78 is 5.89. The van der Waals surface area contributed by atoms with Crippen molar-refractivity contribution in [3.8, 4) is 0 Å². The fraction of sp³-hybridized carbons (Fsp3) is 0.840.